The number of nitriles is 1. The molecule has 0 aromatic heterocycles. The molecule has 0 aliphatic rings. The van der Waals surface area contributed by atoms with Crippen LogP contribution in [-0.2, 0) is 0 Å². The second-order valence-electron chi connectivity index (χ2n) is 3.43. The maximum atomic E-state index is 10.2. The summed E-state index contributed by atoms with van der Waals surface area (Å²) in [7, 11) is 0. The first kappa shape index (κ1) is 10.6. The van der Waals surface area contributed by atoms with Crippen LogP contribution in [0.4, 0.5) is 4.79 Å². The van der Waals surface area contributed by atoms with Crippen LogP contribution < -0.4 is 0 Å². The highest BCUT2D eigenvalue weighted by Gasteiger charge is 2.19. The van der Waals surface area contributed by atoms with Gasteiger partial charge in [-0.15, -0.1) is 0 Å². The van der Waals surface area contributed by atoms with E-state index >= 15 is 0 Å². The van der Waals surface area contributed by atoms with Crippen molar-refractivity contribution in [3.05, 3.63) is 0 Å². The lowest BCUT2D eigenvalue weighted by atomic mass is 9.88. The van der Waals surface area contributed by atoms with Gasteiger partial charge in [0, 0.05) is 11.1 Å². The fourth-order valence-electron chi connectivity index (χ4n) is 0.663. The van der Waals surface area contributed by atoms with Gasteiger partial charge in [0.1, 0.15) is 0 Å². The van der Waals surface area contributed by atoms with E-state index < -0.39 is 6.09 Å². The van der Waals surface area contributed by atoms with Crippen molar-refractivity contribution in [3.8, 4) is 6.07 Å². The van der Waals surface area contributed by atoms with Crippen molar-refractivity contribution >= 4 is 11.8 Å². The molecule has 0 fully saturated rings. The summed E-state index contributed by atoms with van der Waals surface area (Å²) >= 11 is 0. The van der Waals surface area contributed by atoms with Crippen LogP contribution >= 0.6 is 0 Å². The second kappa shape index (κ2) is 3.86. The average molecular weight is 168 g/mol. The topological polar surface area (TPSA) is 73.5 Å². The van der Waals surface area contributed by atoms with E-state index in [9.17, 15) is 4.79 Å². The van der Waals surface area contributed by atoms with Gasteiger partial charge in [-0.3, -0.25) is 0 Å². The van der Waals surface area contributed by atoms with Crippen LogP contribution in [-0.4, -0.2) is 16.9 Å². The number of carboxylic acid groups (broad SMARTS) is 1. The Hall–Kier alpha value is -1.37. The van der Waals surface area contributed by atoms with E-state index in [2.05, 4.69) is 4.99 Å². The molecule has 0 aliphatic carbocycles. The van der Waals surface area contributed by atoms with Gasteiger partial charge < -0.3 is 5.11 Å². The molecule has 1 N–H and O–H groups in total. The number of hydrogen-bond acceptors (Lipinski definition) is 2. The highest BCUT2D eigenvalue weighted by atomic mass is 16.4. The molecule has 0 aromatic carbocycles. The van der Waals surface area contributed by atoms with Crippen molar-refractivity contribution < 1.29 is 9.90 Å². The molecule has 4 nitrogen and oxygen atoms in total. The van der Waals surface area contributed by atoms with Crippen molar-refractivity contribution in [2.24, 2.45) is 10.4 Å². The van der Waals surface area contributed by atoms with E-state index in [0.717, 1.165) is 0 Å². The number of amides is 1. The maximum Gasteiger partial charge on any atom is 0.431 e. The highest BCUT2D eigenvalue weighted by Crippen LogP contribution is 2.18. The lowest BCUT2D eigenvalue weighted by molar-refractivity contribution is 0.205. The van der Waals surface area contributed by atoms with Gasteiger partial charge in [0.05, 0.1) is 12.5 Å². The Bertz CT molecular complexity index is 243. The van der Waals surface area contributed by atoms with Crippen molar-refractivity contribution in [3.63, 3.8) is 0 Å². The number of nitrogens with zero attached hydrogens (tertiary/aromatic N) is 2. The van der Waals surface area contributed by atoms with E-state index in [0.29, 0.717) is 5.71 Å². The van der Waals surface area contributed by atoms with E-state index in [1.54, 1.807) is 0 Å². The predicted molar refractivity (Wildman–Crippen MR) is 45.1 cm³/mol. The number of hydrogen-bond donors (Lipinski definition) is 1. The number of aliphatic imine (C=N–C) groups is 1. The third-order valence-electron chi connectivity index (χ3n) is 1.34. The summed E-state index contributed by atoms with van der Waals surface area (Å²) in [6.07, 6.45) is -1.18. The predicted octanol–water partition coefficient (Wildman–Crippen LogP) is 2.07. The molecule has 0 aliphatic heterocycles. The second-order valence-corrected chi connectivity index (χ2v) is 3.43. The molecule has 12 heavy (non-hydrogen) atoms. The Morgan fingerprint density at radius 3 is 2.33 bits per heavy atom. The summed E-state index contributed by atoms with van der Waals surface area (Å²) in [5, 5.41) is 16.8. The molecule has 0 saturated heterocycles. The van der Waals surface area contributed by atoms with Crippen LogP contribution in [0.15, 0.2) is 4.99 Å². The Balaban J connectivity index is 4.70. The minimum Gasteiger partial charge on any atom is -0.463 e. The smallest absolute Gasteiger partial charge is 0.431 e. The lowest BCUT2D eigenvalue weighted by Crippen LogP contribution is -2.21. The molecular formula is C8H12N2O2. The van der Waals surface area contributed by atoms with Gasteiger partial charge in [-0.05, 0) is 0 Å². The summed E-state index contributed by atoms with van der Waals surface area (Å²) < 4.78 is 0. The Morgan fingerprint density at radius 1 is 1.58 bits per heavy atom. The van der Waals surface area contributed by atoms with Crippen molar-refractivity contribution in [2.45, 2.75) is 27.2 Å². The zero-order chi connectivity index (χ0) is 9.78. The largest absolute Gasteiger partial charge is 0.463 e. The van der Waals surface area contributed by atoms with Crippen LogP contribution in [0.25, 0.3) is 0 Å². The molecule has 1 amide bonds. The molecule has 0 rings (SSSR count). The molecule has 0 atom stereocenters. The van der Waals surface area contributed by atoms with Crippen molar-refractivity contribution in [1.82, 2.24) is 0 Å². The molecule has 0 heterocycles. The summed E-state index contributed by atoms with van der Waals surface area (Å²) in [6, 6.07) is 1.89. The highest BCUT2D eigenvalue weighted by molar-refractivity contribution is 5.97. The Labute approximate surface area is 71.5 Å². The van der Waals surface area contributed by atoms with E-state index in [-0.39, 0.29) is 11.8 Å². The van der Waals surface area contributed by atoms with Gasteiger partial charge in [0.25, 0.3) is 0 Å². The lowest BCUT2D eigenvalue weighted by Gasteiger charge is -2.18. The normalized spacial score (nSPS) is 12.3. The SMILES string of the molecule is CC(C)(C)C(CC#N)=NC(=O)O. The molecule has 66 valence electrons. The number of rotatable bonds is 1. The third-order valence-corrected chi connectivity index (χ3v) is 1.34. The monoisotopic (exact) mass is 168 g/mol. The summed E-state index contributed by atoms with van der Waals surface area (Å²) in [4.78, 5) is 13.6. The van der Waals surface area contributed by atoms with E-state index in [1.165, 1.54) is 0 Å². The molecular weight excluding hydrogens is 156 g/mol. The van der Waals surface area contributed by atoms with Crippen molar-refractivity contribution in [2.75, 3.05) is 0 Å². The van der Waals surface area contributed by atoms with Gasteiger partial charge in [-0.25, -0.2) is 4.79 Å². The molecule has 0 unspecified atom stereocenters. The molecule has 4 heteroatoms. The summed E-state index contributed by atoms with van der Waals surface area (Å²) in [5.74, 6) is 0. The van der Waals surface area contributed by atoms with Gasteiger partial charge in [0.15, 0.2) is 0 Å². The van der Waals surface area contributed by atoms with E-state index in [1.807, 2.05) is 26.8 Å². The quantitative estimate of drug-likeness (QED) is 0.609. The Kier molecular flexibility index (Phi) is 3.42. The summed E-state index contributed by atoms with van der Waals surface area (Å²) in [5.41, 5.74) is 0.0474. The molecule has 0 aromatic rings. The fraction of sp³-hybridized carbons (Fsp3) is 0.625. The first-order chi connectivity index (χ1) is 5.38. The third kappa shape index (κ3) is 3.71. The van der Waals surface area contributed by atoms with Gasteiger partial charge in [0.2, 0.25) is 0 Å². The van der Waals surface area contributed by atoms with Crippen LogP contribution in [0, 0.1) is 16.7 Å². The van der Waals surface area contributed by atoms with Crippen molar-refractivity contribution in [1.29, 1.82) is 5.26 Å². The van der Waals surface area contributed by atoms with Crippen LogP contribution in [0.3, 0.4) is 0 Å². The fourth-order valence-corrected chi connectivity index (χ4v) is 0.663. The summed E-state index contributed by atoms with van der Waals surface area (Å²) in [6.45, 7) is 5.48. The molecule has 0 bridgehead atoms. The number of carbonyl (C=O) groups is 1. The van der Waals surface area contributed by atoms with E-state index in [4.69, 9.17) is 10.4 Å². The maximum absolute atomic E-state index is 10.2. The standard InChI is InChI=1S/C8H12N2O2/c1-8(2,3)6(4-5-9)10-7(11)12/h4H2,1-3H3,(H,11,12). The zero-order valence-corrected chi connectivity index (χ0v) is 7.46. The van der Waals surface area contributed by atoms with Gasteiger partial charge in [-0.2, -0.15) is 10.3 Å². The van der Waals surface area contributed by atoms with Crippen LogP contribution in [0.5, 0.6) is 0 Å². The van der Waals surface area contributed by atoms with Gasteiger partial charge in [-0.1, -0.05) is 20.8 Å². The van der Waals surface area contributed by atoms with Crippen LogP contribution in [0.2, 0.25) is 0 Å². The Morgan fingerprint density at radius 2 is 2.08 bits per heavy atom. The minimum absolute atomic E-state index is 0.0653. The molecule has 0 radical (unpaired) electrons. The minimum atomic E-state index is -1.24. The first-order valence-corrected chi connectivity index (χ1v) is 3.56. The van der Waals surface area contributed by atoms with Crippen LogP contribution in [0.1, 0.15) is 27.2 Å². The average Bonchev–Trinajstić information content (AvgIpc) is 1.83. The zero-order valence-electron chi connectivity index (χ0n) is 7.46. The van der Waals surface area contributed by atoms with Gasteiger partial charge >= 0.3 is 6.09 Å². The first-order valence-electron chi connectivity index (χ1n) is 3.56. The molecule has 0 spiro atoms. The molecule has 0 saturated carbocycles.